The Kier molecular flexibility index (Phi) is 5.63. The van der Waals surface area contributed by atoms with E-state index in [0.29, 0.717) is 18.2 Å². The highest BCUT2D eigenvalue weighted by molar-refractivity contribution is 6.46. The van der Waals surface area contributed by atoms with Crippen molar-refractivity contribution in [1.29, 1.82) is 0 Å². The zero-order chi connectivity index (χ0) is 22.2. The van der Waals surface area contributed by atoms with Gasteiger partial charge in [0.05, 0.1) is 0 Å². The molecule has 0 N–H and O–H groups in total. The van der Waals surface area contributed by atoms with Gasteiger partial charge in [0.1, 0.15) is 11.4 Å². The number of aliphatic imine (C=N–C) groups is 1. The SMILES string of the molecule is C=Cc1cccc(C2=NC3(CCC(C(C)(C)C)CC3)N(Cc3ccc(C)cc3)C2=O)c1. The third kappa shape index (κ3) is 4.23. The largest absolute Gasteiger partial charge is 0.308 e. The molecule has 0 saturated heterocycles. The second kappa shape index (κ2) is 8.11. The van der Waals surface area contributed by atoms with E-state index in [4.69, 9.17) is 4.99 Å². The Labute approximate surface area is 186 Å². The van der Waals surface area contributed by atoms with Crippen LogP contribution in [0.1, 0.15) is 68.7 Å². The van der Waals surface area contributed by atoms with Crippen LogP contribution in [0.25, 0.3) is 6.08 Å². The van der Waals surface area contributed by atoms with E-state index < -0.39 is 5.66 Å². The summed E-state index contributed by atoms with van der Waals surface area (Å²) in [6.07, 6.45) is 5.88. The van der Waals surface area contributed by atoms with Gasteiger partial charge in [-0.2, -0.15) is 0 Å². The molecule has 0 radical (unpaired) electrons. The molecule has 1 aliphatic heterocycles. The highest BCUT2D eigenvalue weighted by Gasteiger charge is 2.49. The lowest BCUT2D eigenvalue weighted by Crippen LogP contribution is -2.49. The third-order valence-electron chi connectivity index (χ3n) is 7.14. The van der Waals surface area contributed by atoms with Crippen molar-refractivity contribution in [3.63, 3.8) is 0 Å². The topological polar surface area (TPSA) is 32.7 Å². The van der Waals surface area contributed by atoms with Crippen LogP contribution in [0.2, 0.25) is 0 Å². The van der Waals surface area contributed by atoms with Gasteiger partial charge in [-0.05, 0) is 61.1 Å². The maximum absolute atomic E-state index is 13.7. The quantitative estimate of drug-likeness (QED) is 0.569. The summed E-state index contributed by atoms with van der Waals surface area (Å²) in [6.45, 7) is 13.6. The fraction of sp³-hybridized carbons (Fsp3) is 0.429. The molecule has 0 unspecified atom stereocenters. The van der Waals surface area contributed by atoms with E-state index in [-0.39, 0.29) is 11.3 Å². The minimum Gasteiger partial charge on any atom is -0.308 e. The van der Waals surface area contributed by atoms with Crippen molar-refractivity contribution in [3.05, 3.63) is 77.4 Å². The van der Waals surface area contributed by atoms with E-state index in [1.165, 1.54) is 5.56 Å². The first kappa shape index (κ1) is 21.5. The van der Waals surface area contributed by atoms with E-state index in [9.17, 15) is 4.79 Å². The minimum absolute atomic E-state index is 0.0518. The Balaban J connectivity index is 1.69. The average Bonchev–Trinajstić information content (AvgIpc) is 3.01. The van der Waals surface area contributed by atoms with Crippen molar-refractivity contribution in [2.75, 3.05) is 0 Å². The van der Waals surface area contributed by atoms with Gasteiger partial charge in [-0.25, -0.2) is 0 Å². The molecule has 0 atom stereocenters. The van der Waals surface area contributed by atoms with Gasteiger partial charge in [0.2, 0.25) is 0 Å². The molecule has 1 amide bonds. The Morgan fingerprint density at radius 3 is 2.42 bits per heavy atom. The lowest BCUT2D eigenvalue weighted by atomic mass is 9.69. The Bertz CT molecular complexity index is 1000. The monoisotopic (exact) mass is 414 g/mol. The maximum atomic E-state index is 13.7. The first-order valence-electron chi connectivity index (χ1n) is 11.4. The van der Waals surface area contributed by atoms with Gasteiger partial charge in [-0.1, -0.05) is 81.5 Å². The summed E-state index contributed by atoms with van der Waals surface area (Å²) in [5.74, 6) is 0.716. The van der Waals surface area contributed by atoms with Crippen molar-refractivity contribution in [3.8, 4) is 0 Å². The van der Waals surface area contributed by atoms with E-state index in [2.05, 4.69) is 58.5 Å². The van der Waals surface area contributed by atoms with Gasteiger partial charge in [0.25, 0.3) is 5.91 Å². The molecule has 1 fully saturated rings. The van der Waals surface area contributed by atoms with Crippen LogP contribution in [0.15, 0.2) is 60.1 Å². The van der Waals surface area contributed by atoms with Gasteiger partial charge in [0.15, 0.2) is 0 Å². The smallest absolute Gasteiger partial charge is 0.274 e. The predicted molar refractivity (Wildman–Crippen MR) is 129 cm³/mol. The van der Waals surface area contributed by atoms with Crippen LogP contribution in [0.3, 0.4) is 0 Å². The number of carbonyl (C=O) groups is 1. The van der Waals surface area contributed by atoms with E-state index in [1.807, 2.05) is 35.2 Å². The molecule has 0 aromatic heterocycles. The van der Waals surface area contributed by atoms with Crippen molar-refractivity contribution in [1.82, 2.24) is 4.90 Å². The molecule has 3 nitrogen and oxygen atoms in total. The predicted octanol–water partition coefficient (Wildman–Crippen LogP) is 6.40. The number of hydrogen-bond donors (Lipinski definition) is 0. The van der Waals surface area contributed by atoms with Gasteiger partial charge in [-0.15, -0.1) is 0 Å². The molecular weight excluding hydrogens is 380 g/mol. The molecule has 1 aliphatic carbocycles. The lowest BCUT2D eigenvalue weighted by molar-refractivity contribution is -0.130. The third-order valence-corrected chi connectivity index (χ3v) is 7.14. The number of hydrogen-bond acceptors (Lipinski definition) is 2. The molecule has 2 aromatic carbocycles. The van der Waals surface area contributed by atoms with Crippen molar-refractivity contribution >= 4 is 17.7 Å². The number of amides is 1. The van der Waals surface area contributed by atoms with Crippen molar-refractivity contribution in [2.24, 2.45) is 16.3 Å². The highest BCUT2D eigenvalue weighted by Crippen LogP contribution is 2.47. The van der Waals surface area contributed by atoms with Crippen molar-refractivity contribution in [2.45, 2.75) is 65.6 Å². The number of nitrogens with zero attached hydrogens (tertiary/aromatic N) is 2. The average molecular weight is 415 g/mol. The zero-order valence-corrected chi connectivity index (χ0v) is 19.3. The molecule has 162 valence electrons. The molecule has 4 rings (SSSR count). The molecule has 31 heavy (non-hydrogen) atoms. The summed E-state index contributed by atoms with van der Waals surface area (Å²) in [4.78, 5) is 20.9. The Hall–Kier alpha value is -2.68. The first-order valence-corrected chi connectivity index (χ1v) is 11.4. The molecule has 2 aromatic rings. The first-order chi connectivity index (χ1) is 14.7. The summed E-state index contributed by atoms with van der Waals surface area (Å²) in [6, 6.07) is 16.5. The Morgan fingerprint density at radius 1 is 1.13 bits per heavy atom. The minimum atomic E-state index is -0.427. The number of aryl methyl sites for hydroxylation is 1. The van der Waals surface area contributed by atoms with Crippen LogP contribution in [0.4, 0.5) is 0 Å². The second-order valence-electron chi connectivity index (χ2n) is 10.3. The summed E-state index contributed by atoms with van der Waals surface area (Å²) in [5, 5.41) is 0. The van der Waals surface area contributed by atoms with Gasteiger partial charge in [0, 0.05) is 12.1 Å². The van der Waals surface area contributed by atoms with E-state index >= 15 is 0 Å². The maximum Gasteiger partial charge on any atom is 0.274 e. The molecule has 0 bridgehead atoms. The van der Waals surface area contributed by atoms with Crippen molar-refractivity contribution < 1.29 is 4.79 Å². The summed E-state index contributed by atoms with van der Waals surface area (Å²) < 4.78 is 0. The molecule has 1 saturated carbocycles. The number of rotatable bonds is 4. The molecule has 1 heterocycles. The van der Waals surface area contributed by atoms with Crippen LogP contribution < -0.4 is 0 Å². The molecular formula is C28H34N2O. The van der Waals surface area contributed by atoms with Gasteiger partial charge in [-0.3, -0.25) is 9.79 Å². The fourth-order valence-corrected chi connectivity index (χ4v) is 5.06. The molecule has 1 spiro atoms. The summed E-state index contributed by atoms with van der Waals surface area (Å²) >= 11 is 0. The van der Waals surface area contributed by atoms with Crippen LogP contribution in [0, 0.1) is 18.3 Å². The van der Waals surface area contributed by atoms with Crippen LogP contribution in [-0.2, 0) is 11.3 Å². The Morgan fingerprint density at radius 2 is 1.81 bits per heavy atom. The molecule has 2 aliphatic rings. The van der Waals surface area contributed by atoms with Crippen LogP contribution >= 0.6 is 0 Å². The fourth-order valence-electron chi connectivity index (χ4n) is 5.06. The summed E-state index contributed by atoms with van der Waals surface area (Å²) in [7, 11) is 0. The normalized spacial score (nSPS) is 23.9. The lowest BCUT2D eigenvalue weighted by Gasteiger charge is -2.44. The van der Waals surface area contributed by atoms with E-state index in [0.717, 1.165) is 42.4 Å². The number of carbonyl (C=O) groups excluding carboxylic acids is 1. The van der Waals surface area contributed by atoms with E-state index in [1.54, 1.807) is 0 Å². The van der Waals surface area contributed by atoms with Gasteiger partial charge >= 0.3 is 0 Å². The summed E-state index contributed by atoms with van der Waals surface area (Å²) in [5.41, 5.74) is 4.76. The van der Waals surface area contributed by atoms with Gasteiger partial charge < -0.3 is 4.90 Å². The highest BCUT2D eigenvalue weighted by atomic mass is 16.2. The van der Waals surface area contributed by atoms with Crippen LogP contribution in [0.5, 0.6) is 0 Å². The second-order valence-corrected chi connectivity index (χ2v) is 10.3. The molecule has 3 heteroatoms. The number of benzene rings is 2. The zero-order valence-electron chi connectivity index (χ0n) is 19.3. The standard InChI is InChI=1S/C28H34N2O/c1-6-21-8-7-9-23(18-21)25-26(31)30(19-22-12-10-20(2)11-13-22)28(29-25)16-14-24(15-17-28)27(3,4)5/h6-13,18,24H,1,14-17,19H2,2-5H3. The van der Waals surface area contributed by atoms with Crippen LogP contribution in [-0.4, -0.2) is 22.2 Å².